The van der Waals surface area contributed by atoms with Crippen LogP contribution >= 0.6 is 11.3 Å². The second-order valence-electron chi connectivity index (χ2n) is 3.16. The van der Waals surface area contributed by atoms with Gasteiger partial charge < -0.3 is 5.73 Å². The minimum Gasteiger partial charge on any atom is -0.399 e. The van der Waals surface area contributed by atoms with Gasteiger partial charge in [-0.15, -0.1) is 11.3 Å². The summed E-state index contributed by atoms with van der Waals surface area (Å²) in [4.78, 5) is 0. The van der Waals surface area contributed by atoms with Crippen LogP contribution in [0, 0.1) is 0 Å². The second-order valence-corrected chi connectivity index (χ2v) is 6.02. The fourth-order valence-electron chi connectivity index (χ4n) is 1.17. The Hall–Kier alpha value is -1.53. The molecule has 0 spiro atoms. The number of sulfonamides is 1. The van der Waals surface area contributed by atoms with Crippen LogP contribution in [0.1, 0.15) is 0 Å². The molecule has 0 aliphatic heterocycles. The van der Waals surface area contributed by atoms with Crippen molar-refractivity contribution < 1.29 is 8.42 Å². The van der Waals surface area contributed by atoms with Gasteiger partial charge >= 0.3 is 0 Å². The third kappa shape index (κ3) is 2.34. The van der Waals surface area contributed by atoms with Crippen LogP contribution in [0.4, 0.5) is 11.4 Å². The van der Waals surface area contributed by atoms with E-state index in [1.807, 2.05) is 0 Å². The smallest absolute Gasteiger partial charge is 0.271 e. The van der Waals surface area contributed by atoms with E-state index in [1.165, 1.54) is 11.3 Å². The molecule has 0 aliphatic carbocycles. The molecular weight excluding hydrogens is 244 g/mol. The van der Waals surface area contributed by atoms with Gasteiger partial charge in [-0.2, -0.15) is 0 Å². The molecule has 0 radical (unpaired) electrons. The third-order valence-corrected chi connectivity index (χ3v) is 4.70. The zero-order chi connectivity index (χ0) is 11.6. The molecule has 0 bridgehead atoms. The Morgan fingerprint density at radius 2 is 1.81 bits per heavy atom. The maximum atomic E-state index is 11.8. The Morgan fingerprint density at radius 3 is 2.38 bits per heavy atom. The number of hydrogen-bond acceptors (Lipinski definition) is 4. The van der Waals surface area contributed by atoms with Crippen molar-refractivity contribution in [1.29, 1.82) is 0 Å². The SMILES string of the molecule is Nc1ccc(NS(=O)(=O)c2cccs2)cc1. The van der Waals surface area contributed by atoms with Gasteiger partial charge in [-0.3, -0.25) is 4.72 Å². The first-order chi connectivity index (χ1) is 7.58. The molecule has 3 N–H and O–H groups in total. The van der Waals surface area contributed by atoms with Gasteiger partial charge in [-0.1, -0.05) is 6.07 Å². The largest absolute Gasteiger partial charge is 0.399 e. The van der Waals surface area contributed by atoms with Crippen LogP contribution in [0.3, 0.4) is 0 Å². The van der Waals surface area contributed by atoms with E-state index in [0.29, 0.717) is 15.6 Å². The quantitative estimate of drug-likeness (QED) is 0.824. The molecule has 0 fully saturated rings. The summed E-state index contributed by atoms with van der Waals surface area (Å²) in [6, 6.07) is 9.80. The summed E-state index contributed by atoms with van der Waals surface area (Å²) in [5, 5.41) is 1.72. The van der Waals surface area contributed by atoms with E-state index in [9.17, 15) is 8.42 Å². The summed E-state index contributed by atoms with van der Waals surface area (Å²) in [6.07, 6.45) is 0. The van der Waals surface area contributed by atoms with E-state index in [2.05, 4.69) is 4.72 Å². The van der Waals surface area contributed by atoms with Crippen molar-refractivity contribution in [1.82, 2.24) is 0 Å². The molecule has 2 rings (SSSR count). The Kier molecular flexibility index (Phi) is 2.84. The van der Waals surface area contributed by atoms with E-state index in [-0.39, 0.29) is 0 Å². The highest BCUT2D eigenvalue weighted by molar-refractivity contribution is 7.94. The first kappa shape index (κ1) is 11.0. The molecule has 0 atom stereocenters. The lowest BCUT2D eigenvalue weighted by Crippen LogP contribution is -2.11. The topological polar surface area (TPSA) is 72.2 Å². The van der Waals surface area contributed by atoms with Crippen molar-refractivity contribution >= 4 is 32.7 Å². The summed E-state index contributed by atoms with van der Waals surface area (Å²) in [7, 11) is -3.46. The lowest BCUT2D eigenvalue weighted by atomic mass is 10.3. The molecule has 2 aromatic rings. The van der Waals surface area contributed by atoms with E-state index >= 15 is 0 Å². The highest BCUT2D eigenvalue weighted by atomic mass is 32.2. The van der Waals surface area contributed by atoms with E-state index < -0.39 is 10.0 Å². The van der Waals surface area contributed by atoms with Crippen LogP contribution in [-0.2, 0) is 10.0 Å². The second kappa shape index (κ2) is 4.15. The molecule has 0 amide bonds. The first-order valence-electron chi connectivity index (χ1n) is 4.50. The molecule has 16 heavy (non-hydrogen) atoms. The van der Waals surface area contributed by atoms with Gasteiger partial charge in [0.2, 0.25) is 0 Å². The van der Waals surface area contributed by atoms with Gasteiger partial charge in [0.05, 0.1) is 0 Å². The van der Waals surface area contributed by atoms with E-state index in [1.54, 1.807) is 41.8 Å². The Labute approximate surface area is 97.8 Å². The molecule has 6 heteroatoms. The summed E-state index contributed by atoms with van der Waals surface area (Å²) in [5.41, 5.74) is 6.61. The number of anilines is 2. The summed E-state index contributed by atoms with van der Waals surface area (Å²) in [6.45, 7) is 0. The highest BCUT2D eigenvalue weighted by Crippen LogP contribution is 2.20. The van der Waals surface area contributed by atoms with Crippen LogP contribution in [0.15, 0.2) is 46.0 Å². The summed E-state index contributed by atoms with van der Waals surface area (Å²) < 4.78 is 26.4. The zero-order valence-corrected chi connectivity index (χ0v) is 9.88. The Balaban J connectivity index is 2.25. The monoisotopic (exact) mass is 254 g/mol. The van der Waals surface area contributed by atoms with Gasteiger partial charge in [0.15, 0.2) is 0 Å². The molecule has 1 aromatic carbocycles. The molecule has 0 saturated heterocycles. The van der Waals surface area contributed by atoms with Gasteiger partial charge in [0, 0.05) is 11.4 Å². The maximum Gasteiger partial charge on any atom is 0.271 e. The highest BCUT2D eigenvalue weighted by Gasteiger charge is 2.14. The number of nitrogen functional groups attached to an aromatic ring is 1. The van der Waals surface area contributed by atoms with Crippen molar-refractivity contribution in [3.8, 4) is 0 Å². The fraction of sp³-hybridized carbons (Fsp3) is 0. The molecular formula is C10H10N2O2S2. The normalized spacial score (nSPS) is 11.2. The van der Waals surface area contributed by atoms with Crippen molar-refractivity contribution in [3.63, 3.8) is 0 Å². The lowest BCUT2D eigenvalue weighted by molar-refractivity contribution is 0.603. The standard InChI is InChI=1S/C10H10N2O2S2/c11-8-3-5-9(6-4-8)12-16(13,14)10-2-1-7-15-10/h1-7,12H,11H2. The number of thiophene rings is 1. The van der Waals surface area contributed by atoms with Gasteiger partial charge in [0.1, 0.15) is 4.21 Å². The predicted octanol–water partition coefficient (Wildman–Crippen LogP) is 2.13. The van der Waals surface area contributed by atoms with Crippen molar-refractivity contribution in [3.05, 3.63) is 41.8 Å². The fourth-order valence-corrected chi connectivity index (χ4v) is 3.22. The maximum absolute atomic E-state index is 11.8. The molecule has 0 unspecified atom stereocenters. The van der Waals surface area contributed by atoms with Crippen molar-refractivity contribution in [2.75, 3.05) is 10.5 Å². The zero-order valence-electron chi connectivity index (χ0n) is 8.25. The Morgan fingerprint density at radius 1 is 1.12 bits per heavy atom. The van der Waals surface area contributed by atoms with Crippen LogP contribution in [0.25, 0.3) is 0 Å². The average Bonchev–Trinajstić information content (AvgIpc) is 2.75. The molecule has 0 aliphatic rings. The molecule has 4 nitrogen and oxygen atoms in total. The minimum atomic E-state index is -3.46. The van der Waals surface area contributed by atoms with Crippen LogP contribution in [0.5, 0.6) is 0 Å². The van der Waals surface area contributed by atoms with Gasteiger partial charge in [0.25, 0.3) is 10.0 Å². The van der Waals surface area contributed by atoms with E-state index in [4.69, 9.17) is 5.73 Å². The van der Waals surface area contributed by atoms with Crippen LogP contribution < -0.4 is 10.5 Å². The molecule has 84 valence electrons. The van der Waals surface area contributed by atoms with Gasteiger partial charge in [-0.25, -0.2) is 8.42 Å². The number of benzene rings is 1. The van der Waals surface area contributed by atoms with Gasteiger partial charge in [-0.05, 0) is 35.7 Å². The molecule has 0 saturated carbocycles. The first-order valence-corrected chi connectivity index (χ1v) is 6.86. The lowest BCUT2D eigenvalue weighted by Gasteiger charge is -2.05. The number of hydrogen-bond donors (Lipinski definition) is 2. The third-order valence-electron chi connectivity index (χ3n) is 1.92. The predicted molar refractivity (Wildman–Crippen MR) is 66.0 cm³/mol. The summed E-state index contributed by atoms with van der Waals surface area (Å²) >= 11 is 1.18. The number of nitrogens with one attached hydrogen (secondary N) is 1. The summed E-state index contributed by atoms with van der Waals surface area (Å²) in [5.74, 6) is 0. The average molecular weight is 254 g/mol. The number of nitrogens with two attached hydrogens (primary N) is 1. The minimum absolute atomic E-state index is 0.296. The molecule has 1 aromatic heterocycles. The van der Waals surface area contributed by atoms with Crippen LogP contribution in [0.2, 0.25) is 0 Å². The van der Waals surface area contributed by atoms with Crippen molar-refractivity contribution in [2.24, 2.45) is 0 Å². The van der Waals surface area contributed by atoms with Crippen LogP contribution in [-0.4, -0.2) is 8.42 Å². The molecule has 1 heterocycles. The number of rotatable bonds is 3. The van der Waals surface area contributed by atoms with E-state index in [0.717, 1.165) is 0 Å². The Bertz CT molecular complexity index is 559. The van der Waals surface area contributed by atoms with Crippen molar-refractivity contribution in [2.45, 2.75) is 4.21 Å².